The second-order valence-electron chi connectivity index (χ2n) is 7.70. The maximum atomic E-state index is 13.3. The van der Waals surface area contributed by atoms with E-state index >= 15 is 0 Å². The maximum Gasteiger partial charge on any atom is 0.254 e. The summed E-state index contributed by atoms with van der Waals surface area (Å²) in [4.78, 5) is 18.0. The summed E-state index contributed by atoms with van der Waals surface area (Å²) in [6.07, 6.45) is 3.49. The fourth-order valence-electron chi connectivity index (χ4n) is 4.16. The lowest BCUT2D eigenvalue weighted by molar-refractivity contribution is 0.0666. The van der Waals surface area contributed by atoms with Crippen LogP contribution in [-0.4, -0.2) is 85.2 Å². The molecule has 1 atom stereocenters. The lowest BCUT2D eigenvalue weighted by atomic mass is 10.1. The Kier molecular flexibility index (Phi) is 8.01. The molecule has 0 radical (unpaired) electrons. The molecule has 0 spiro atoms. The van der Waals surface area contributed by atoms with E-state index in [1.54, 1.807) is 24.3 Å². The summed E-state index contributed by atoms with van der Waals surface area (Å²) in [6.45, 7) is 8.49. The SMILES string of the molecule is CCN(CC)S(=O)(=O)c1ccc(C(=O)N2CCCSCC2CN2CCCC2)cc1. The quantitative estimate of drug-likeness (QED) is 0.654. The summed E-state index contributed by atoms with van der Waals surface area (Å²) in [7, 11) is -3.50. The van der Waals surface area contributed by atoms with Crippen molar-refractivity contribution in [3.05, 3.63) is 29.8 Å². The zero-order valence-electron chi connectivity index (χ0n) is 17.5. The molecule has 3 rings (SSSR count). The van der Waals surface area contributed by atoms with Gasteiger partial charge < -0.3 is 9.80 Å². The maximum absolute atomic E-state index is 13.3. The van der Waals surface area contributed by atoms with Crippen molar-refractivity contribution in [3.8, 4) is 0 Å². The van der Waals surface area contributed by atoms with E-state index in [1.807, 2.05) is 30.5 Å². The van der Waals surface area contributed by atoms with Gasteiger partial charge in [0.05, 0.1) is 10.9 Å². The molecule has 8 heteroatoms. The molecule has 29 heavy (non-hydrogen) atoms. The van der Waals surface area contributed by atoms with Crippen LogP contribution < -0.4 is 0 Å². The fraction of sp³-hybridized carbons (Fsp3) is 0.667. The van der Waals surface area contributed by atoms with Crippen LogP contribution in [0.3, 0.4) is 0 Å². The zero-order chi connectivity index (χ0) is 20.9. The van der Waals surface area contributed by atoms with E-state index in [1.165, 1.54) is 17.1 Å². The molecular weight excluding hydrogens is 406 g/mol. The van der Waals surface area contributed by atoms with Gasteiger partial charge in [-0.1, -0.05) is 13.8 Å². The molecule has 2 aliphatic heterocycles. The molecular formula is C21H33N3O3S2. The van der Waals surface area contributed by atoms with Crippen molar-refractivity contribution >= 4 is 27.7 Å². The molecule has 0 saturated carbocycles. The number of sulfonamides is 1. The van der Waals surface area contributed by atoms with E-state index in [2.05, 4.69) is 4.90 Å². The molecule has 2 fully saturated rings. The van der Waals surface area contributed by atoms with Crippen LogP contribution in [0.4, 0.5) is 0 Å². The molecule has 0 aromatic heterocycles. The number of likely N-dealkylation sites (tertiary alicyclic amines) is 1. The third kappa shape index (κ3) is 5.34. The van der Waals surface area contributed by atoms with Crippen LogP contribution >= 0.6 is 11.8 Å². The summed E-state index contributed by atoms with van der Waals surface area (Å²) >= 11 is 1.93. The third-order valence-corrected chi connectivity index (χ3v) is 9.07. The van der Waals surface area contributed by atoms with Crippen LogP contribution in [0.2, 0.25) is 0 Å². The lowest BCUT2D eigenvalue weighted by Crippen LogP contribution is -2.47. The molecule has 1 unspecified atom stereocenters. The van der Waals surface area contributed by atoms with Gasteiger partial charge in [-0.2, -0.15) is 16.1 Å². The van der Waals surface area contributed by atoms with Crippen molar-refractivity contribution in [1.29, 1.82) is 0 Å². The molecule has 0 bridgehead atoms. The van der Waals surface area contributed by atoms with Crippen LogP contribution in [0, 0.1) is 0 Å². The highest BCUT2D eigenvalue weighted by atomic mass is 32.2. The van der Waals surface area contributed by atoms with Gasteiger partial charge in [-0.05, 0) is 62.4 Å². The van der Waals surface area contributed by atoms with Crippen molar-refractivity contribution in [1.82, 2.24) is 14.1 Å². The first-order valence-corrected chi connectivity index (χ1v) is 13.3. The van der Waals surface area contributed by atoms with Crippen LogP contribution in [0.1, 0.15) is 43.5 Å². The number of nitrogens with zero attached hydrogens (tertiary/aromatic N) is 3. The van der Waals surface area contributed by atoms with Gasteiger partial charge >= 0.3 is 0 Å². The number of rotatable bonds is 7. The van der Waals surface area contributed by atoms with Crippen molar-refractivity contribution in [3.63, 3.8) is 0 Å². The predicted molar refractivity (Wildman–Crippen MR) is 119 cm³/mol. The lowest BCUT2D eigenvalue weighted by Gasteiger charge is -2.33. The van der Waals surface area contributed by atoms with Gasteiger partial charge in [-0.25, -0.2) is 8.42 Å². The van der Waals surface area contributed by atoms with Crippen molar-refractivity contribution in [2.75, 3.05) is 50.8 Å². The van der Waals surface area contributed by atoms with E-state index in [9.17, 15) is 13.2 Å². The van der Waals surface area contributed by atoms with Gasteiger partial charge in [0.1, 0.15) is 0 Å². The van der Waals surface area contributed by atoms with Gasteiger partial charge in [0.2, 0.25) is 10.0 Å². The minimum atomic E-state index is -3.50. The molecule has 162 valence electrons. The van der Waals surface area contributed by atoms with Crippen LogP contribution in [0.25, 0.3) is 0 Å². The first kappa shape index (κ1) is 22.6. The van der Waals surface area contributed by atoms with Crippen molar-refractivity contribution in [2.24, 2.45) is 0 Å². The molecule has 2 aliphatic rings. The highest BCUT2D eigenvalue weighted by Crippen LogP contribution is 2.22. The van der Waals surface area contributed by atoms with E-state index in [-0.39, 0.29) is 16.8 Å². The van der Waals surface area contributed by atoms with Gasteiger partial charge in [0.25, 0.3) is 5.91 Å². The topological polar surface area (TPSA) is 60.9 Å². The van der Waals surface area contributed by atoms with E-state index in [0.717, 1.165) is 44.1 Å². The zero-order valence-corrected chi connectivity index (χ0v) is 19.2. The number of hydrogen-bond acceptors (Lipinski definition) is 5. The minimum absolute atomic E-state index is 0.0171. The van der Waals surface area contributed by atoms with E-state index in [0.29, 0.717) is 18.7 Å². The standard InChI is InChI=1S/C21H33N3O3S2/c1-3-23(4-2)29(26,27)20-10-8-18(9-11-20)21(25)24-14-7-15-28-17-19(24)16-22-12-5-6-13-22/h8-11,19H,3-7,12-17H2,1-2H3. The van der Waals surface area contributed by atoms with Gasteiger partial charge in [0.15, 0.2) is 0 Å². The van der Waals surface area contributed by atoms with Crippen LogP contribution in [-0.2, 0) is 10.0 Å². The first-order valence-electron chi connectivity index (χ1n) is 10.7. The molecule has 1 amide bonds. The molecule has 1 aromatic carbocycles. The molecule has 0 aliphatic carbocycles. The smallest absolute Gasteiger partial charge is 0.254 e. The first-order chi connectivity index (χ1) is 14.0. The van der Waals surface area contributed by atoms with Gasteiger partial charge in [-0.15, -0.1) is 0 Å². The Morgan fingerprint density at radius 1 is 1.07 bits per heavy atom. The van der Waals surface area contributed by atoms with Crippen molar-refractivity contribution in [2.45, 2.75) is 44.0 Å². The van der Waals surface area contributed by atoms with Crippen LogP contribution in [0.5, 0.6) is 0 Å². The number of amides is 1. The summed E-state index contributed by atoms with van der Waals surface area (Å²) < 4.78 is 26.8. The normalized spacial score (nSPS) is 21.5. The minimum Gasteiger partial charge on any atom is -0.334 e. The number of thioether (sulfide) groups is 1. The third-order valence-electron chi connectivity index (χ3n) is 5.81. The summed E-state index contributed by atoms with van der Waals surface area (Å²) in [5.41, 5.74) is 0.571. The Bertz CT molecular complexity index is 773. The highest BCUT2D eigenvalue weighted by Gasteiger charge is 2.29. The number of carbonyl (C=O) groups is 1. The summed E-state index contributed by atoms with van der Waals surface area (Å²) in [6, 6.07) is 6.70. The Morgan fingerprint density at radius 2 is 1.72 bits per heavy atom. The highest BCUT2D eigenvalue weighted by molar-refractivity contribution is 7.99. The average molecular weight is 440 g/mol. The fourth-order valence-corrected chi connectivity index (χ4v) is 6.67. The number of hydrogen-bond donors (Lipinski definition) is 0. The summed E-state index contributed by atoms with van der Waals surface area (Å²) in [5.74, 6) is 2.07. The average Bonchev–Trinajstić information content (AvgIpc) is 3.13. The number of benzene rings is 1. The Labute approximate surface area is 179 Å². The van der Waals surface area contributed by atoms with E-state index in [4.69, 9.17) is 0 Å². The second kappa shape index (κ2) is 10.3. The Balaban J connectivity index is 1.76. The van der Waals surface area contributed by atoms with E-state index < -0.39 is 10.0 Å². The Morgan fingerprint density at radius 3 is 2.34 bits per heavy atom. The molecule has 0 N–H and O–H groups in total. The Hall–Kier alpha value is -1.09. The van der Waals surface area contributed by atoms with Crippen molar-refractivity contribution < 1.29 is 13.2 Å². The molecule has 6 nitrogen and oxygen atoms in total. The number of carbonyl (C=O) groups excluding carboxylic acids is 1. The predicted octanol–water partition coefficient (Wildman–Crippen LogP) is 2.76. The molecule has 1 aromatic rings. The second-order valence-corrected chi connectivity index (χ2v) is 10.8. The van der Waals surface area contributed by atoms with Gasteiger partial charge in [0, 0.05) is 37.5 Å². The monoisotopic (exact) mass is 439 g/mol. The summed E-state index contributed by atoms with van der Waals surface area (Å²) in [5, 5.41) is 0. The molecule has 2 saturated heterocycles. The van der Waals surface area contributed by atoms with Gasteiger partial charge in [-0.3, -0.25) is 4.79 Å². The van der Waals surface area contributed by atoms with Crippen LogP contribution in [0.15, 0.2) is 29.2 Å². The largest absolute Gasteiger partial charge is 0.334 e. The molecule has 2 heterocycles.